The van der Waals surface area contributed by atoms with Crippen LogP contribution >= 0.6 is 23.1 Å². The number of hydrogen-bond donors (Lipinski definition) is 1. The van der Waals surface area contributed by atoms with Gasteiger partial charge in [-0.05, 0) is 35.4 Å². The van der Waals surface area contributed by atoms with E-state index in [1.54, 1.807) is 23.1 Å². The van der Waals surface area contributed by atoms with Crippen molar-refractivity contribution in [1.82, 2.24) is 5.32 Å². The lowest BCUT2D eigenvalue weighted by Crippen LogP contribution is -2.18. The van der Waals surface area contributed by atoms with E-state index in [-0.39, 0.29) is 6.04 Å². The molecule has 0 saturated carbocycles. The first-order chi connectivity index (χ1) is 8.83. The number of nitrogens with zero attached hydrogens (tertiary/aromatic N) is 1. The number of thiophene rings is 1. The Morgan fingerprint density at radius 2 is 2.11 bits per heavy atom. The molecule has 0 aliphatic rings. The first-order valence-electron chi connectivity index (χ1n) is 5.63. The summed E-state index contributed by atoms with van der Waals surface area (Å²) in [5, 5.41) is 14.5. The highest BCUT2D eigenvalue weighted by atomic mass is 32.2. The van der Waals surface area contributed by atoms with Crippen LogP contribution in [0.2, 0.25) is 0 Å². The zero-order valence-electron chi connectivity index (χ0n) is 10.1. The summed E-state index contributed by atoms with van der Waals surface area (Å²) < 4.78 is 0. The van der Waals surface area contributed by atoms with Crippen LogP contribution in [-0.4, -0.2) is 6.26 Å². The van der Waals surface area contributed by atoms with Gasteiger partial charge >= 0.3 is 0 Å². The van der Waals surface area contributed by atoms with Gasteiger partial charge in [0, 0.05) is 16.3 Å². The maximum Gasteiger partial charge on any atom is 0.121 e. The molecule has 2 aromatic rings. The first kappa shape index (κ1) is 13.2. The number of benzene rings is 1. The SMILES string of the molecule is CSc1ccc(C(C#N)NCc2cccs2)cc1. The van der Waals surface area contributed by atoms with Gasteiger partial charge in [-0.1, -0.05) is 18.2 Å². The van der Waals surface area contributed by atoms with Crippen molar-refractivity contribution in [3.8, 4) is 6.07 Å². The van der Waals surface area contributed by atoms with Crippen molar-refractivity contribution in [2.45, 2.75) is 17.5 Å². The second-order valence-corrected chi connectivity index (χ2v) is 5.71. The zero-order valence-corrected chi connectivity index (χ0v) is 11.7. The molecule has 1 heterocycles. The molecule has 1 aromatic carbocycles. The Balaban J connectivity index is 2.01. The van der Waals surface area contributed by atoms with E-state index in [9.17, 15) is 5.26 Å². The molecule has 0 fully saturated rings. The summed E-state index contributed by atoms with van der Waals surface area (Å²) in [6, 6.07) is 14.3. The lowest BCUT2D eigenvalue weighted by molar-refractivity contribution is 0.635. The predicted octanol–water partition coefficient (Wildman–Crippen LogP) is 3.82. The topological polar surface area (TPSA) is 35.8 Å². The number of nitrogens with one attached hydrogen (secondary N) is 1. The third kappa shape index (κ3) is 3.36. The third-order valence-electron chi connectivity index (χ3n) is 2.64. The van der Waals surface area contributed by atoms with E-state index >= 15 is 0 Å². The monoisotopic (exact) mass is 274 g/mol. The average Bonchev–Trinajstić information content (AvgIpc) is 2.93. The highest BCUT2D eigenvalue weighted by Crippen LogP contribution is 2.19. The Kier molecular flexibility index (Phi) is 4.82. The number of hydrogen-bond acceptors (Lipinski definition) is 4. The molecule has 0 bridgehead atoms. The van der Waals surface area contributed by atoms with Gasteiger partial charge in [-0.25, -0.2) is 0 Å². The molecule has 1 atom stereocenters. The second-order valence-electron chi connectivity index (χ2n) is 3.80. The molecule has 0 radical (unpaired) electrons. The van der Waals surface area contributed by atoms with Crippen LogP contribution in [0.25, 0.3) is 0 Å². The van der Waals surface area contributed by atoms with Crippen LogP contribution in [0.15, 0.2) is 46.7 Å². The summed E-state index contributed by atoms with van der Waals surface area (Å²) in [7, 11) is 0. The third-order valence-corrected chi connectivity index (χ3v) is 4.26. The molecule has 2 rings (SSSR count). The fraction of sp³-hybridized carbons (Fsp3) is 0.214. The lowest BCUT2D eigenvalue weighted by Gasteiger charge is -2.11. The van der Waals surface area contributed by atoms with E-state index in [0.717, 1.165) is 12.1 Å². The van der Waals surface area contributed by atoms with Gasteiger partial charge in [0.2, 0.25) is 0 Å². The quantitative estimate of drug-likeness (QED) is 0.842. The Morgan fingerprint density at radius 1 is 1.33 bits per heavy atom. The normalized spacial score (nSPS) is 12.0. The van der Waals surface area contributed by atoms with E-state index in [4.69, 9.17) is 0 Å². The van der Waals surface area contributed by atoms with Gasteiger partial charge in [-0.2, -0.15) is 5.26 Å². The molecule has 1 N–H and O–H groups in total. The number of thioether (sulfide) groups is 1. The summed E-state index contributed by atoms with van der Waals surface area (Å²) in [6.45, 7) is 0.736. The van der Waals surface area contributed by atoms with Crippen LogP contribution in [0.5, 0.6) is 0 Å². The summed E-state index contributed by atoms with van der Waals surface area (Å²) >= 11 is 3.41. The van der Waals surface area contributed by atoms with Crippen molar-refractivity contribution in [3.05, 3.63) is 52.2 Å². The summed E-state index contributed by atoms with van der Waals surface area (Å²) in [5.41, 5.74) is 1.02. The van der Waals surface area contributed by atoms with Crippen molar-refractivity contribution >= 4 is 23.1 Å². The van der Waals surface area contributed by atoms with E-state index in [2.05, 4.69) is 29.6 Å². The minimum Gasteiger partial charge on any atom is -0.293 e. The van der Waals surface area contributed by atoms with Crippen molar-refractivity contribution in [2.75, 3.05) is 6.26 Å². The molecule has 0 aliphatic heterocycles. The van der Waals surface area contributed by atoms with Crippen LogP contribution in [0.3, 0.4) is 0 Å². The molecule has 0 aliphatic carbocycles. The van der Waals surface area contributed by atoms with Crippen molar-refractivity contribution in [1.29, 1.82) is 5.26 Å². The molecule has 18 heavy (non-hydrogen) atoms. The zero-order chi connectivity index (χ0) is 12.8. The molecular weight excluding hydrogens is 260 g/mol. The standard InChI is InChI=1S/C14H14N2S2/c1-17-12-6-4-11(5-7-12)14(9-15)16-10-13-3-2-8-18-13/h2-8,14,16H,10H2,1H3. The van der Waals surface area contributed by atoms with Crippen molar-refractivity contribution in [2.24, 2.45) is 0 Å². The Bertz CT molecular complexity index is 512. The molecule has 2 nitrogen and oxygen atoms in total. The molecular formula is C14H14N2S2. The van der Waals surface area contributed by atoms with Crippen LogP contribution in [0, 0.1) is 11.3 Å². The second kappa shape index (κ2) is 6.60. The van der Waals surface area contributed by atoms with Crippen molar-refractivity contribution < 1.29 is 0 Å². The fourth-order valence-electron chi connectivity index (χ4n) is 1.65. The number of nitriles is 1. The van der Waals surface area contributed by atoms with Gasteiger partial charge in [0.15, 0.2) is 0 Å². The van der Waals surface area contributed by atoms with Crippen molar-refractivity contribution in [3.63, 3.8) is 0 Å². The van der Waals surface area contributed by atoms with Crippen LogP contribution < -0.4 is 5.32 Å². The van der Waals surface area contributed by atoms with Crippen LogP contribution in [-0.2, 0) is 6.54 Å². The molecule has 0 saturated heterocycles. The molecule has 92 valence electrons. The minimum atomic E-state index is -0.247. The highest BCUT2D eigenvalue weighted by Gasteiger charge is 2.09. The predicted molar refractivity (Wildman–Crippen MR) is 77.7 cm³/mol. The van der Waals surface area contributed by atoms with E-state index < -0.39 is 0 Å². The highest BCUT2D eigenvalue weighted by molar-refractivity contribution is 7.98. The first-order valence-corrected chi connectivity index (χ1v) is 7.73. The van der Waals surface area contributed by atoms with Gasteiger partial charge < -0.3 is 0 Å². The number of rotatable bonds is 5. The van der Waals surface area contributed by atoms with E-state index in [0.29, 0.717) is 0 Å². The van der Waals surface area contributed by atoms with Gasteiger partial charge in [0.25, 0.3) is 0 Å². The Labute approximate surface area is 116 Å². The summed E-state index contributed by atoms with van der Waals surface area (Å²) in [4.78, 5) is 2.46. The average molecular weight is 274 g/mol. The largest absolute Gasteiger partial charge is 0.293 e. The Hall–Kier alpha value is -1.28. The fourth-order valence-corrected chi connectivity index (χ4v) is 2.71. The summed E-state index contributed by atoms with van der Waals surface area (Å²) in [5.74, 6) is 0. The minimum absolute atomic E-state index is 0.247. The Morgan fingerprint density at radius 3 is 2.67 bits per heavy atom. The maximum absolute atomic E-state index is 9.22. The van der Waals surface area contributed by atoms with Gasteiger partial charge in [0.05, 0.1) is 6.07 Å². The smallest absolute Gasteiger partial charge is 0.121 e. The van der Waals surface area contributed by atoms with Crippen LogP contribution in [0.1, 0.15) is 16.5 Å². The molecule has 4 heteroatoms. The van der Waals surface area contributed by atoms with Gasteiger partial charge in [0.1, 0.15) is 6.04 Å². The molecule has 1 aromatic heterocycles. The molecule has 0 spiro atoms. The van der Waals surface area contributed by atoms with E-state index in [1.807, 2.05) is 29.8 Å². The maximum atomic E-state index is 9.22. The lowest BCUT2D eigenvalue weighted by atomic mass is 10.1. The van der Waals surface area contributed by atoms with E-state index in [1.165, 1.54) is 9.77 Å². The van der Waals surface area contributed by atoms with Crippen LogP contribution in [0.4, 0.5) is 0 Å². The van der Waals surface area contributed by atoms with Gasteiger partial charge in [-0.15, -0.1) is 23.1 Å². The molecule has 1 unspecified atom stereocenters. The van der Waals surface area contributed by atoms with Gasteiger partial charge in [-0.3, -0.25) is 5.32 Å². The molecule has 0 amide bonds. The summed E-state index contributed by atoms with van der Waals surface area (Å²) in [6.07, 6.45) is 2.05.